The summed E-state index contributed by atoms with van der Waals surface area (Å²) in [6.45, 7) is 6.05. The first kappa shape index (κ1) is 16.3. The number of carboxylic acid groups (broad SMARTS) is 1. The number of hydrogen-bond donors (Lipinski definition) is 1. The number of nitrogens with zero attached hydrogens (tertiary/aromatic N) is 3. The SMILES string of the molecule is Cc1cc(-n2c(C)cc(C(=O)N3CCOC[C@@H]3C(=O)O)c2C)no1. The maximum atomic E-state index is 12.9. The number of carbonyl (C=O) groups is 2. The summed E-state index contributed by atoms with van der Waals surface area (Å²) in [5.41, 5.74) is 1.98. The Labute approximate surface area is 138 Å². The van der Waals surface area contributed by atoms with Gasteiger partial charge < -0.3 is 19.3 Å². The molecule has 0 bridgehead atoms. The molecular formula is C16H19N3O5. The van der Waals surface area contributed by atoms with Crippen LogP contribution in [0.5, 0.6) is 0 Å². The van der Waals surface area contributed by atoms with Gasteiger partial charge in [-0.15, -0.1) is 0 Å². The number of aliphatic carboxylic acids is 1. The zero-order valence-corrected chi connectivity index (χ0v) is 13.8. The summed E-state index contributed by atoms with van der Waals surface area (Å²) in [7, 11) is 0. The van der Waals surface area contributed by atoms with Gasteiger partial charge >= 0.3 is 5.97 Å². The fraction of sp³-hybridized carbons (Fsp3) is 0.438. The zero-order valence-electron chi connectivity index (χ0n) is 13.8. The number of rotatable bonds is 3. The highest BCUT2D eigenvalue weighted by Gasteiger charge is 2.34. The molecule has 3 rings (SSSR count). The summed E-state index contributed by atoms with van der Waals surface area (Å²) in [5.74, 6) is -0.114. The molecular weight excluding hydrogens is 314 g/mol. The molecule has 8 nitrogen and oxygen atoms in total. The van der Waals surface area contributed by atoms with Crippen LogP contribution in [0.3, 0.4) is 0 Å². The quantitative estimate of drug-likeness (QED) is 0.909. The lowest BCUT2D eigenvalue weighted by molar-refractivity contribution is -0.147. The minimum Gasteiger partial charge on any atom is -0.480 e. The number of amides is 1. The van der Waals surface area contributed by atoms with Gasteiger partial charge in [-0.2, -0.15) is 0 Å². The van der Waals surface area contributed by atoms with Crippen molar-refractivity contribution in [1.82, 2.24) is 14.6 Å². The third-order valence-corrected chi connectivity index (χ3v) is 4.18. The van der Waals surface area contributed by atoms with Crippen LogP contribution in [0.2, 0.25) is 0 Å². The van der Waals surface area contributed by atoms with E-state index in [-0.39, 0.29) is 19.1 Å². The van der Waals surface area contributed by atoms with Crippen molar-refractivity contribution in [3.63, 3.8) is 0 Å². The van der Waals surface area contributed by atoms with E-state index >= 15 is 0 Å². The minimum atomic E-state index is -1.07. The summed E-state index contributed by atoms with van der Waals surface area (Å²) in [4.78, 5) is 25.6. The first-order valence-corrected chi connectivity index (χ1v) is 7.64. The Balaban J connectivity index is 1.97. The molecule has 128 valence electrons. The van der Waals surface area contributed by atoms with E-state index in [0.717, 1.165) is 5.69 Å². The van der Waals surface area contributed by atoms with Crippen LogP contribution >= 0.6 is 0 Å². The Kier molecular flexibility index (Phi) is 4.15. The zero-order chi connectivity index (χ0) is 17.4. The summed E-state index contributed by atoms with van der Waals surface area (Å²) in [6.07, 6.45) is 0. The third kappa shape index (κ3) is 2.69. The smallest absolute Gasteiger partial charge is 0.328 e. The lowest BCUT2D eigenvalue weighted by atomic mass is 10.1. The average Bonchev–Trinajstić information content (AvgIpc) is 3.09. The van der Waals surface area contributed by atoms with Gasteiger partial charge in [-0.05, 0) is 26.8 Å². The number of morpholine rings is 1. The number of hydrogen-bond acceptors (Lipinski definition) is 5. The minimum absolute atomic E-state index is 0.00227. The molecule has 2 aromatic heterocycles. The standard InChI is InChI=1S/C16H19N3O5/c1-9-6-12(11(3)19(9)14-7-10(2)24-17-14)15(20)18-4-5-23-8-13(18)16(21)22/h6-7,13H,4-5,8H2,1-3H3,(H,21,22)/t13-/m1/s1. The topological polar surface area (TPSA) is 97.8 Å². The molecule has 0 aliphatic carbocycles. The Bertz CT molecular complexity index is 792. The highest BCUT2D eigenvalue weighted by molar-refractivity contribution is 5.98. The molecule has 24 heavy (non-hydrogen) atoms. The molecule has 8 heteroatoms. The molecule has 2 aromatic rings. The van der Waals surface area contributed by atoms with Crippen LogP contribution < -0.4 is 0 Å². The van der Waals surface area contributed by atoms with Crippen LogP contribution in [-0.4, -0.2) is 57.4 Å². The highest BCUT2D eigenvalue weighted by atomic mass is 16.5. The fourth-order valence-corrected chi connectivity index (χ4v) is 3.00. The number of carbonyl (C=O) groups excluding carboxylic acids is 1. The Morgan fingerprint density at radius 3 is 2.67 bits per heavy atom. The summed E-state index contributed by atoms with van der Waals surface area (Å²) in [5, 5.41) is 13.3. The Morgan fingerprint density at radius 2 is 2.04 bits per heavy atom. The van der Waals surface area contributed by atoms with Crippen LogP contribution in [0.4, 0.5) is 0 Å². The van der Waals surface area contributed by atoms with E-state index in [1.165, 1.54) is 4.90 Å². The molecule has 0 radical (unpaired) electrons. The van der Waals surface area contributed by atoms with Crippen molar-refractivity contribution in [3.05, 3.63) is 34.8 Å². The van der Waals surface area contributed by atoms with E-state index in [4.69, 9.17) is 9.26 Å². The third-order valence-electron chi connectivity index (χ3n) is 4.18. The average molecular weight is 333 g/mol. The first-order chi connectivity index (χ1) is 11.4. The predicted molar refractivity (Wildman–Crippen MR) is 83.3 cm³/mol. The number of aryl methyl sites for hydroxylation is 2. The van der Waals surface area contributed by atoms with Crippen LogP contribution in [0, 0.1) is 20.8 Å². The molecule has 1 aliphatic heterocycles. The van der Waals surface area contributed by atoms with Crippen LogP contribution in [0.15, 0.2) is 16.7 Å². The summed E-state index contributed by atoms with van der Waals surface area (Å²) in [6, 6.07) is 2.56. The number of carboxylic acids is 1. The number of ether oxygens (including phenoxy) is 1. The van der Waals surface area contributed by atoms with Crippen LogP contribution in [0.1, 0.15) is 27.5 Å². The molecule has 1 fully saturated rings. The van der Waals surface area contributed by atoms with Crippen molar-refractivity contribution >= 4 is 11.9 Å². The normalized spacial score (nSPS) is 18.0. The second kappa shape index (κ2) is 6.12. The van der Waals surface area contributed by atoms with Crippen molar-refractivity contribution in [1.29, 1.82) is 0 Å². The van der Waals surface area contributed by atoms with Crippen molar-refractivity contribution < 1.29 is 24.0 Å². The van der Waals surface area contributed by atoms with E-state index in [1.807, 2.05) is 11.5 Å². The maximum Gasteiger partial charge on any atom is 0.328 e. The van der Waals surface area contributed by atoms with Gasteiger partial charge in [-0.1, -0.05) is 5.16 Å². The van der Waals surface area contributed by atoms with E-state index in [1.54, 1.807) is 26.0 Å². The van der Waals surface area contributed by atoms with Gasteiger partial charge in [0, 0.05) is 24.0 Å². The molecule has 0 aromatic carbocycles. The van der Waals surface area contributed by atoms with Gasteiger partial charge in [-0.3, -0.25) is 9.36 Å². The van der Waals surface area contributed by atoms with Gasteiger partial charge in [0.15, 0.2) is 11.9 Å². The second-order valence-electron chi connectivity index (χ2n) is 5.84. The van der Waals surface area contributed by atoms with Crippen LogP contribution in [0.25, 0.3) is 5.82 Å². The van der Waals surface area contributed by atoms with Gasteiger partial charge in [-0.25, -0.2) is 4.79 Å². The molecule has 1 amide bonds. The molecule has 1 N–H and O–H groups in total. The lowest BCUT2D eigenvalue weighted by Crippen LogP contribution is -2.52. The van der Waals surface area contributed by atoms with E-state index < -0.39 is 12.0 Å². The first-order valence-electron chi connectivity index (χ1n) is 7.64. The van der Waals surface area contributed by atoms with Gasteiger partial charge in [0.1, 0.15) is 5.76 Å². The predicted octanol–water partition coefficient (Wildman–Crippen LogP) is 1.32. The van der Waals surface area contributed by atoms with Gasteiger partial charge in [0.25, 0.3) is 5.91 Å². The summed E-state index contributed by atoms with van der Waals surface area (Å²) >= 11 is 0. The van der Waals surface area contributed by atoms with E-state index in [0.29, 0.717) is 29.4 Å². The fourth-order valence-electron chi connectivity index (χ4n) is 3.00. The monoisotopic (exact) mass is 333 g/mol. The molecule has 3 heterocycles. The molecule has 1 atom stereocenters. The lowest BCUT2D eigenvalue weighted by Gasteiger charge is -2.32. The van der Waals surface area contributed by atoms with Gasteiger partial charge in [0.2, 0.25) is 0 Å². The molecule has 0 saturated carbocycles. The van der Waals surface area contributed by atoms with Gasteiger partial charge in [0.05, 0.1) is 18.8 Å². The van der Waals surface area contributed by atoms with Crippen LogP contribution in [-0.2, 0) is 9.53 Å². The van der Waals surface area contributed by atoms with Crippen molar-refractivity contribution in [2.75, 3.05) is 19.8 Å². The van der Waals surface area contributed by atoms with E-state index in [2.05, 4.69) is 5.16 Å². The number of aromatic nitrogens is 2. The maximum absolute atomic E-state index is 12.9. The largest absolute Gasteiger partial charge is 0.480 e. The van der Waals surface area contributed by atoms with Crippen molar-refractivity contribution in [2.45, 2.75) is 26.8 Å². The second-order valence-corrected chi connectivity index (χ2v) is 5.84. The van der Waals surface area contributed by atoms with E-state index in [9.17, 15) is 14.7 Å². The molecule has 0 unspecified atom stereocenters. The highest BCUT2D eigenvalue weighted by Crippen LogP contribution is 2.23. The summed E-state index contributed by atoms with van der Waals surface area (Å²) < 4.78 is 12.1. The van der Waals surface area contributed by atoms with Crippen molar-refractivity contribution in [2.24, 2.45) is 0 Å². The van der Waals surface area contributed by atoms with Crippen molar-refractivity contribution in [3.8, 4) is 5.82 Å². The molecule has 1 saturated heterocycles. The Morgan fingerprint density at radius 1 is 1.29 bits per heavy atom. The molecule has 1 aliphatic rings. The molecule has 0 spiro atoms. The Hall–Kier alpha value is -2.61.